The maximum atomic E-state index is 13.2. The molecular formula is C17H17ClFN3O3S. The van der Waals surface area contributed by atoms with E-state index in [9.17, 15) is 17.6 Å². The summed E-state index contributed by atoms with van der Waals surface area (Å²) in [6.45, 7) is 0. The van der Waals surface area contributed by atoms with Gasteiger partial charge < -0.3 is 10.2 Å². The number of amides is 1. The summed E-state index contributed by atoms with van der Waals surface area (Å²) in [4.78, 5) is 18.1. The molecule has 1 amide bonds. The zero-order chi connectivity index (χ0) is 18.9. The first-order valence-electron chi connectivity index (χ1n) is 7.91. The molecule has 1 aromatic heterocycles. The van der Waals surface area contributed by atoms with Gasteiger partial charge in [0.05, 0.1) is 22.1 Å². The molecule has 0 aliphatic carbocycles. The zero-order valence-corrected chi connectivity index (χ0v) is 15.5. The second-order valence-corrected chi connectivity index (χ2v) is 8.79. The molecule has 1 N–H and O–H groups in total. The molecule has 2 aromatic rings. The number of benzene rings is 1. The van der Waals surface area contributed by atoms with Crippen molar-refractivity contribution in [3.63, 3.8) is 0 Å². The number of rotatable bonds is 4. The standard InChI is InChI=1S/C17H17ClFN3O3S/c1-22(13-6-7-26(24,25)10-13)17(23)11-2-5-16(20-9-11)21-12-3-4-15(19)14(18)8-12/h2-5,8-9,13H,6-7,10H2,1H3,(H,20,21). The number of carbonyl (C=O) groups is 1. The summed E-state index contributed by atoms with van der Waals surface area (Å²) in [6, 6.07) is 7.11. The molecule has 1 atom stereocenters. The van der Waals surface area contributed by atoms with Gasteiger partial charge in [0.25, 0.3) is 5.91 Å². The van der Waals surface area contributed by atoms with Crippen LogP contribution in [0.1, 0.15) is 16.8 Å². The van der Waals surface area contributed by atoms with Gasteiger partial charge in [0.1, 0.15) is 11.6 Å². The van der Waals surface area contributed by atoms with Gasteiger partial charge in [0, 0.05) is 25.0 Å². The smallest absolute Gasteiger partial charge is 0.255 e. The van der Waals surface area contributed by atoms with Crippen molar-refractivity contribution in [1.82, 2.24) is 9.88 Å². The van der Waals surface area contributed by atoms with Crippen molar-refractivity contribution in [1.29, 1.82) is 0 Å². The Balaban J connectivity index is 1.68. The third kappa shape index (κ3) is 4.13. The van der Waals surface area contributed by atoms with E-state index in [0.717, 1.165) is 0 Å². The van der Waals surface area contributed by atoms with Gasteiger partial charge in [-0.3, -0.25) is 4.79 Å². The zero-order valence-electron chi connectivity index (χ0n) is 13.9. The molecule has 2 heterocycles. The van der Waals surface area contributed by atoms with Gasteiger partial charge in [-0.2, -0.15) is 0 Å². The van der Waals surface area contributed by atoms with Crippen LogP contribution in [0.3, 0.4) is 0 Å². The molecular weight excluding hydrogens is 381 g/mol. The molecule has 0 radical (unpaired) electrons. The molecule has 0 bridgehead atoms. The van der Waals surface area contributed by atoms with Crippen molar-refractivity contribution >= 4 is 38.9 Å². The Kier molecular flexibility index (Phi) is 5.15. The van der Waals surface area contributed by atoms with Gasteiger partial charge in [0.15, 0.2) is 9.84 Å². The van der Waals surface area contributed by atoms with E-state index in [0.29, 0.717) is 23.5 Å². The lowest BCUT2D eigenvalue weighted by Crippen LogP contribution is -2.37. The van der Waals surface area contributed by atoms with Crippen LogP contribution >= 0.6 is 11.6 Å². The number of sulfone groups is 1. The number of nitrogens with zero attached hydrogens (tertiary/aromatic N) is 2. The Morgan fingerprint density at radius 1 is 1.35 bits per heavy atom. The van der Waals surface area contributed by atoms with Crippen LogP contribution < -0.4 is 5.32 Å². The van der Waals surface area contributed by atoms with Gasteiger partial charge >= 0.3 is 0 Å². The monoisotopic (exact) mass is 397 g/mol. The molecule has 0 spiro atoms. The average Bonchev–Trinajstić information content (AvgIpc) is 2.97. The van der Waals surface area contributed by atoms with Crippen molar-refractivity contribution in [2.24, 2.45) is 0 Å². The van der Waals surface area contributed by atoms with Gasteiger partial charge in [-0.25, -0.2) is 17.8 Å². The highest BCUT2D eigenvalue weighted by atomic mass is 35.5. The third-order valence-corrected chi connectivity index (χ3v) is 6.32. The molecule has 26 heavy (non-hydrogen) atoms. The topological polar surface area (TPSA) is 79.4 Å². The molecule has 138 valence electrons. The molecule has 1 unspecified atom stereocenters. The summed E-state index contributed by atoms with van der Waals surface area (Å²) in [6.07, 6.45) is 1.86. The van der Waals surface area contributed by atoms with E-state index in [1.807, 2.05) is 0 Å². The number of hydrogen-bond acceptors (Lipinski definition) is 5. The molecule has 1 aliphatic heterocycles. The number of hydrogen-bond donors (Lipinski definition) is 1. The number of halogens is 2. The number of carbonyl (C=O) groups excluding carboxylic acids is 1. The lowest BCUT2D eigenvalue weighted by atomic mass is 10.2. The SMILES string of the molecule is CN(C(=O)c1ccc(Nc2ccc(F)c(Cl)c2)nc1)C1CCS(=O)(=O)C1. The van der Waals surface area contributed by atoms with Crippen molar-refractivity contribution in [3.8, 4) is 0 Å². The first-order valence-corrected chi connectivity index (χ1v) is 10.1. The molecule has 1 fully saturated rings. The highest BCUT2D eigenvalue weighted by Gasteiger charge is 2.33. The summed E-state index contributed by atoms with van der Waals surface area (Å²) in [7, 11) is -1.46. The van der Waals surface area contributed by atoms with E-state index in [1.54, 1.807) is 19.2 Å². The molecule has 3 rings (SSSR count). The van der Waals surface area contributed by atoms with Crippen LogP contribution in [0.25, 0.3) is 0 Å². The first-order chi connectivity index (χ1) is 12.2. The summed E-state index contributed by atoms with van der Waals surface area (Å²) < 4.78 is 36.3. The van der Waals surface area contributed by atoms with Crippen LogP contribution in [-0.4, -0.2) is 48.8 Å². The summed E-state index contributed by atoms with van der Waals surface area (Å²) in [5.41, 5.74) is 0.927. The lowest BCUT2D eigenvalue weighted by molar-refractivity contribution is 0.0747. The Morgan fingerprint density at radius 2 is 2.12 bits per heavy atom. The van der Waals surface area contributed by atoms with Crippen molar-refractivity contribution in [3.05, 3.63) is 52.9 Å². The van der Waals surface area contributed by atoms with E-state index in [4.69, 9.17) is 11.6 Å². The minimum Gasteiger partial charge on any atom is -0.340 e. The fraction of sp³-hybridized carbons (Fsp3) is 0.294. The predicted octanol–water partition coefficient (Wildman–Crippen LogP) is 2.88. The Morgan fingerprint density at radius 3 is 2.69 bits per heavy atom. The molecule has 1 aliphatic rings. The largest absolute Gasteiger partial charge is 0.340 e. The van der Waals surface area contributed by atoms with Crippen LogP contribution in [0.2, 0.25) is 5.02 Å². The molecule has 9 heteroatoms. The van der Waals surface area contributed by atoms with Crippen LogP contribution in [0.4, 0.5) is 15.9 Å². The second kappa shape index (κ2) is 7.20. The summed E-state index contributed by atoms with van der Waals surface area (Å²) in [5.74, 6) is -0.223. The number of nitrogens with one attached hydrogen (secondary N) is 1. The number of pyridine rings is 1. The normalized spacial score (nSPS) is 18.5. The van der Waals surface area contributed by atoms with Gasteiger partial charge in [-0.05, 0) is 36.8 Å². The Bertz CT molecular complexity index is 935. The highest BCUT2D eigenvalue weighted by Crippen LogP contribution is 2.23. The van der Waals surface area contributed by atoms with Gasteiger partial charge in [-0.15, -0.1) is 0 Å². The van der Waals surface area contributed by atoms with Crippen LogP contribution in [-0.2, 0) is 9.84 Å². The maximum absolute atomic E-state index is 13.2. The first kappa shape index (κ1) is 18.6. The highest BCUT2D eigenvalue weighted by molar-refractivity contribution is 7.91. The molecule has 1 aromatic carbocycles. The van der Waals surface area contributed by atoms with E-state index < -0.39 is 15.7 Å². The second-order valence-electron chi connectivity index (χ2n) is 6.16. The quantitative estimate of drug-likeness (QED) is 0.858. The van der Waals surface area contributed by atoms with Gasteiger partial charge in [-0.1, -0.05) is 11.6 Å². The van der Waals surface area contributed by atoms with Crippen molar-refractivity contribution < 1.29 is 17.6 Å². The maximum Gasteiger partial charge on any atom is 0.255 e. The molecule has 0 saturated carbocycles. The number of anilines is 2. The average molecular weight is 398 g/mol. The predicted molar refractivity (Wildman–Crippen MR) is 98.1 cm³/mol. The molecule has 6 nitrogen and oxygen atoms in total. The van der Waals surface area contributed by atoms with E-state index in [-0.39, 0.29) is 28.5 Å². The summed E-state index contributed by atoms with van der Waals surface area (Å²) in [5, 5.41) is 2.96. The Hall–Kier alpha value is -2.19. The lowest BCUT2D eigenvalue weighted by Gasteiger charge is -2.23. The Labute approximate surface area is 155 Å². The van der Waals surface area contributed by atoms with Crippen molar-refractivity contribution in [2.75, 3.05) is 23.9 Å². The fourth-order valence-corrected chi connectivity index (χ4v) is 4.72. The number of aromatic nitrogens is 1. The third-order valence-electron chi connectivity index (χ3n) is 4.28. The van der Waals surface area contributed by atoms with E-state index in [1.165, 1.54) is 29.3 Å². The molecule has 1 saturated heterocycles. The minimum absolute atomic E-state index is 0.00469. The van der Waals surface area contributed by atoms with Gasteiger partial charge in [0.2, 0.25) is 0 Å². The van der Waals surface area contributed by atoms with Crippen LogP contribution in [0.5, 0.6) is 0 Å². The van der Waals surface area contributed by atoms with E-state index >= 15 is 0 Å². The van der Waals surface area contributed by atoms with E-state index in [2.05, 4.69) is 10.3 Å². The minimum atomic E-state index is -3.06. The summed E-state index contributed by atoms with van der Waals surface area (Å²) >= 11 is 5.74. The van der Waals surface area contributed by atoms with Crippen molar-refractivity contribution in [2.45, 2.75) is 12.5 Å². The fourth-order valence-electron chi connectivity index (χ4n) is 2.77. The van der Waals surface area contributed by atoms with Crippen LogP contribution in [0, 0.1) is 5.82 Å². The van der Waals surface area contributed by atoms with Crippen LogP contribution in [0.15, 0.2) is 36.5 Å².